The number of oxime groups is 1. The van der Waals surface area contributed by atoms with E-state index in [0.717, 1.165) is 11.4 Å². The highest BCUT2D eigenvalue weighted by molar-refractivity contribution is 5.80. The van der Waals surface area contributed by atoms with Gasteiger partial charge in [-0.2, -0.15) is 0 Å². The number of rotatable bonds is 4. The molecule has 0 saturated heterocycles. The third-order valence-electron chi connectivity index (χ3n) is 2.56. The first-order valence-corrected chi connectivity index (χ1v) is 5.16. The molecule has 0 aliphatic carbocycles. The van der Waals surface area contributed by atoms with Gasteiger partial charge in [-0.3, -0.25) is 0 Å². The third-order valence-corrected chi connectivity index (χ3v) is 2.56. The van der Waals surface area contributed by atoms with Crippen molar-refractivity contribution in [3.05, 3.63) is 23.9 Å². The number of nitrogens with zero attached hydrogens (tertiary/aromatic N) is 3. The van der Waals surface area contributed by atoms with Crippen LogP contribution in [-0.2, 0) is 0 Å². The summed E-state index contributed by atoms with van der Waals surface area (Å²) in [4.78, 5) is 6.28. The fourth-order valence-electron chi connectivity index (χ4n) is 1.42. The van der Waals surface area contributed by atoms with Crippen molar-refractivity contribution in [1.29, 1.82) is 0 Å². The summed E-state index contributed by atoms with van der Waals surface area (Å²) in [6.07, 6.45) is 2.28. The zero-order chi connectivity index (χ0) is 12.1. The highest BCUT2D eigenvalue weighted by Gasteiger charge is 2.12. The first kappa shape index (κ1) is 12.3. The minimum atomic E-state index is 0.130. The predicted molar refractivity (Wildman–Crippen MR) is 64.9 cm³/mol. The minimum Gasteiger partial charge on any atom is -0.409 e. The average molecular weight is 222 g/mol. The van der Waals surface area contributed by atoms with E-state index < -0.39 is 0 Å². The predicted octanol–water partition coefficient (Wildman–Crippen LogP) is 1.35. The molecule has 1 heterocycles. The second kappa shape index (κ2) is 5.34. The summed E-state index contributed by atoms with van der Waals surface area (Å²) in [7, 11) is 1.94. The number of aromatic nitrogens is 1. The summed E-state index contributed by atoms with van der Waals surface area (Å²) in [5, 5.41) is 11.5. The van der Waals surface area contributed by atoms with E-state index in [1.54, 1.807) is 6.20 Å². The molecule has 1 aromatic heterocycles. The molecule has 0 spiro atoms. The van der Waals surface area contributed by atoms with Crippen LogP contribution in [0.2, 0.25) is 0 Å². The molecule has 1 unspecified atom stereocenters. The number of anilines is 1. The van der Waals surface area contributed by atoms with Crippen LogP contribution in [0.5, 0.6) is 0 Å². The van der Waals surface area contributed by atoms with E-state index in [-0.39, 0.29) is 11.9 Å². The van der Waals surface area contributed by atoms with Crippen molar-refractivity contribution in [3.63, 3.8) is 0 Å². The highest BCUT2D eigenvalue weighted by Crippen LogP contribution is 2.14. The van der Waals surface area contributed by atoms with Crippen LogP contribution in [0.15, 0.2) is 23.5 Å². The van der Waals surface area contributed by atoms with Gasteiger partial charge in [0, 0.05) is 25.7 Å². The Morgan fingerprint density at radius 2 is 2.38 bits per heavy atom. The molecule has 88 valence electrons. The topological polar surface area (TPSA) is 74.7 Å². The van der Waals surface area contributed by atoms with E-state index in [4.69, 9.17) is 10.9 Å². The summed E-state index contributed by atoms with van der Waals surface area (Å²) in [5.74, 6) is 1.12. The molecule has 16 heavy (non-hydrogen) atoms. The SMILES string of the molecule is Cc1ccnc(N(C)C(C)CC(N)=NO)c1. The number of aryl methyl sites for hydroxylation is 1. The monoisotopic (exact) mass is 222 g/mol. The lowest BCUT2D eigenvalue weighted by Gasteiger charge is -2.25. The Hall–Kier alpha value is -1.78. The maximum atomic E-state index is 8.51. The summed E-state index contributed by atoms with van der Waals surface area (Å²) in [5.41, 5.74) is 6.63. The van der Waals surface area contributed by atoms with E-state index >= 15 is 0 Å². The van der Waals surface area contributed by atoms with Crippen LogP contribution in [0.3, 0.4) is 0 Å². The largest absolute Gasteiger partial charge is 0.409 e. The number of hydrogen-bond acceptors (Lipinski definition) is 4. The van der Waals surface area contributed by atoms with E-state index in [1.165, 1.54) is 0 Å². The van der Waals surface area contributed by atoms with Crippen molar-refractivity contribution in [2.24, 2.45) is 10.9 Å². The molecular formula is C11H18N4O. The molecule has 0 aliphatic heterocycles. The maximum absolute atomic E-state index is 8.51. The van der Waals surface area contributed by atoms with Gasteiger partial charge >= 0.3 is 0 Å². The summed E-state index contributed by atoms with van der Waals surface area (Å²) in [6.45, 7) is 4.02. The van der Waals surface area contributed by atoms with Crippen LogP contribution < -0.4 is 10.6 Å². The van der Waals surface area contributed by atoms with Gasteiger partial charge in [-0.25, -0.2) is 4.98 Å². The first-order valence-electron chi connectivity index (χ1n) is 5.16. The molecule has 0 saturated carbocycles. The van der Waals surface area contributed by atoms with Crippen LogP contribution in [0.25, 0.3) is 0 Å². The molecule has 0 amide bonds. The first-order chi connectivity index (χ1) is 7.54. The van der Waals surface area contributed by atoms with Crippen LogP contribution in [0.1, 0.15) is 18.9 Å². The van der Waals surface area contributed by atoms with Gasteiger partial charge in [0.25, 0.3) is 0 Å². The van der Waals surface area contributed by atoms with Crippen molar-refractivity contribution in [1.82, 2.24) is 4.98 Å². The van der Waals surface area contributed by atoms with Gasteiger partial charge in [-0.05, 0) is 31.5 Å². The normalized spacial score (nSPS) is 13.6. The minimum absolute atomic E-state index is 0.130. The molecule has 1 aromatic rings. The number of nitrogens with two attached hydrogens (primary N) is 1. The zero-order valence-electron chi connectivity index (χ0n) is 9.88. The average Bonchev–Trinajstić information content (AvgIpc) is 2.27. The maximum Gasteiger partial charge on any atom is 0.141 e. The van der Waals surface area contributed by atoms with Gasteiger partial charge in [-0.1, -0.05) is 5.16 Å². The van der Waals surface area contributed by atoms with Crippen LogP contribution in [0.4, 0.5) is 5.82 Å². The van der Waals surface area contributed by atoms with Gasteiger partial charge in [0.2, 0.25) is 0 Å². The Bertz CT molecular complexity index is 378. The van der Waals surface area contributed by atoms with Crippen LogP contribution >= 0.6 is 0 Å². The molecule has 5 heteroatoms. The van der Waals surface area contributed by atoms with Crippen molar-refractivity contribution in [3.8, 4) is 0 Å². The highest BCUT2D eigenvalue weighted by atomic mass is 16.4. The standard InChI is InChI=1S/C11H18N4O/c1-8-4-5-13-11(6-8)15(3)9(2)7-10(12)14-16/h4-6,9,16H,7H2,1-3H3,(H2,12,14). The zero-order valence-corrected chi connectivity index (χ0v) is 9.88. The van der Waals surface area contributed by atoms with Crippen molar-refractivity contribution < 1.29 is 5.21 Å². The van der Waals surface area contributed by atoms with Crippen LogP contribution in [0, 0.1) is 6.92 Å². The number of hydrogen-bond donors (Lipinski definition) is 2. The van der Waals surface area contributed by atoms with E-state index in [2.05, 4.69) is 10.1 Å². The van der Waals surface area contributed by atoms with Crippen molar-refractivity contribution in [2.75, 3.05) is 11.9 Å². The molecular weight excluding hydrogens is 204 g/mol. The van der Waals surface area contributed by atoms with Gasteiger partial charge in [0.15, 0.2) is 0 Å². The van der Waals surface area contributed by atoms with E-state index in [0.29, 0.717) is 6.42 Å². The number of amidine groups is 1. The summed E-state index contributed by atoms with van der Waals surface area (Å²) in [6, 6.07) is 4.08. The Kier molecular flexibility index (Phi) is 4.10. The van der Waals surface area contributed by atoms with Gasteiger partial charge in [0.1, 0.15) is 11.7 Å². The molecule has 3 N–H and O–H groups in total. The second-order valence-corrected chi connectivity index (χ2v) is 3.95. The molecule has 0 aromatic carbocycles. The second-order valence-electron chi connectivity index (χ2n) is 3.95. The molecule has 0 aliphatic rings. The lowest BCUT2D eigenvalue weighted by atomic mass is 10.2. The Morgan fingerprint density at radius 3 is 2.94 bits per heavy atom. The summed E-state index contributed by atoms with van der Waals surface area (Å²) < 4.78 is 0. The fraction of sp³-hybridized carbons (Fsp3) is 0.455. The lowest BCUT2D eigenvalue weighted by molar-refractivity contribution is 0.316. The molecule has 5 nitrogen and oxygen atoms in total. The van der Waals surface area contributed by atoms with Crippen LogP contribution in [-0.4, -0.2) is 29.1 Å². The van der Waals surface area contributed by atoms with Gasteiger partial charge in [0.05, 0.1) is 0 Å². The van der Waals surface area contributed by atoms with E-state index in [1.807, 2.05) is 37.9 Å². The molecule has 0 bridgehead atoms. The molecule has 0 fully saturated rings. The van der Waals surface area contributed by atoms with E-state index in [9.17, 15) is 0 Å². The Balaban J connectivity index is 2.74. The molecule has 0 radical (unpaired) electrons. The fourth-order valence-corrected chi connectivity index (χ4v) is 1.42. The molecule has 1 rings (SSSR count). The smallest absolute Gasteiger partial charge is 0.141 e. The van der Waals surface area contributed by atoms with Gasteiger partial charge < -0.3 is 15.8 Å². The number of pyridine rings is 1. The van der Waals surface area contributed by atoms with Crippen molar-refractivity contribution in [2.45, 2.75) is 26.3 Å². The molecule has 1 atom stereocenters. The van der Waals surface area contributed by atoms with Crippen molar-refractivity contribution >= 4 is 11.7 Å². The lowest BCUT2D eigenvalue weighted by Crippen LogP contribution is -2.33. The third kappa shape index (κ3) is 3.12. The quantitative estimate of drug-likeness (QED) is 0.349. The van der Waals surface area contributed by atoms with Gasteiger partial charge in [-0.15, -0.1) is 0 Å². The Morgan fingerprint density at radius 1 is 1.69 bits per heavy atom. The summed E-state index contributed by atoms with van der Waals surface area (Å²) >= 11 is 0. The Labute approximate surface area is 95.6 Å².